The molecule has 1 aromatic carbocycles. The van der Waals surface area contributed by atoms with Crippen molar-refractivity contribution in [3.05, 3.63) is 22.7 Å². The first-order chi connectivity index (χ1) is 10.6. The molecule has 1 saturated carbocycles. The molecule has 23 heavy (non-hydrogen) atoms. The highest BCUT2D eigenvalue weighted by molar-refractivity contribution is 6.53. The van der Waals surface area contributed by atoms with Gasteiger partial charge in [0.15, 0.2) is 11.5 Å². The molecule has 1 aromatic rings. The molecule has 0 aliphatic heterocycles. The van der Waals surface area contributed by atoms with Crippen LogP contribution in [0.3, 0.4) is 0 Å². The largest absolute Gasteiger partial charge is 0.493 e. The van der Waals surface area contributed by atoms with E-state index in [0.29, 0.717) is 12.0 Å². The topological polar surface area (TPSA) is 44.8 Å². The summed E-state index contributed by atoms with van der Waals surface area (Å²) >= 11 is 17.7. The number of hydrogen-bond acceptors (Lipinski definition) is 4. The molecule has 1 unspecified atom stereocenters. The average Bonchev–Trinajstić information content (AvgIpc) is 2.98. The molecule has 0 radical (unpaired) electrons. The van der Waals surface area contributed by atoms with E-state index < -0.39 is 22.3 Å². The van der Waals surface area contributed by atoms with Gasteiger partial charge in [-0.3, -0.25) is 4.79 Å². The molecular formula is C14H13Cl3F2O4. The SMILES string of the molecule is COc1cc(COC(=O)C2(C)CC2(Cl)Cl)cc(Cl)c1OC(F)F. The van der Waals surface area contributed by atoms with Gasteiger partial charge in [-0.05, 0) is 24.6 Å². The number of rotatable bonds is 6. The first kappa shape index (κ1) is 18.4. The molecule has 1 atom stereocenters. The Balaban J connectivity index is 2.09. The Kier molecular flexibility index (Phi) is 5.18. The molecule has 1 fully saturated rings. The molecule has 0 N–H and O–H groups in total. The third-order valence-electron chi connectivity index (χ3n) is 3.57. The monoisotopic (exact) mass is 388 g/mol. The molecule has 1 aliphatic carbocycles. The van der Waals surface area contributed by atoms with Crippen molar-refractivity contribution in [1.29, 1.82) is 0 Å². The predicted molar refractivity (Wildman–Crippen MR) is 81.6 cm³/mol. The fraction of sp³-hybridized carbons (Fsp3) is 0.500. The first-order valence-electron chi connectivity index (χ1n) is 6.47. The van der Waals surface area contributed by atoms with E-state index in [1.165, 1.54) is 19.2 Å². The summed E-state index contributed by atoms with van der Waals surface area (Å²) < 4.78 is 38.0. The fourth-order valence-electron chi connectivity index (χ4n) is 1.99. The maximum atomic E-state index is 12.4. The number of benzene rings is 1. The van der Waals surface area contributed by atoms with Crippen molar-refractivity contribution in [1.82, 2.24) is 0 Å². The number of halogens is 5. The van der Waals surface area contributed by atoms with Crippen molar-refractivity contribution < 1.29 is 27.8 Å². The molecule has 0 heterocycles. The summed E-state index contributed by atoms with van der Waals surface area (Å²) in [7, 11) is 1.28. The zero-order chi connectivity index (χ0) is 17.4. The van der Waals surface area contributed by atoms with Gasteiger partial charge in [-0.2, -0.15) is 8.78 Å². The predicted octanol–water partition coefficient (Wildman–Crippen LogP) is 4.58. The molecule has 0 bridgehead atoms. The van der Waals surface area contributed by atoms with Crippen LogP contribution in [0.15, 0.2) is 12.1 Å². The van der Waals surface area contributed by atoms with Crippen LogP contribution in [0.25, 0.3) is 0 Å². The number of methoxy groups -OCH3 is 1. The smallest absolute Gasteiger partial charge is 0.387 e. The quantitative estimate of drug-likeness (QED) is 0.528. The van der Waals surface area contributed by atoms with Gasteiger partial charge in [-0.15, -0.1) is 23.2 Å². The van der Waals surface area contributed by atoms with Gasteiger partial charge in [0, 0.05) is 6.42 Å². The van der Waals surface area contributed by atoms with Gasteiger partial charge in [0.25, 0.3) is 0 Å². The normalized spacial score (nSPS) is 21.9. The van der Waals surface area contributed by atoms with E-state index in [9.17, 15) is 13.6 Å². The van der Waals surface area contributed by atoms with Gasteiger partial charge < -0.3 is 14.2 Å². The number of esters is 1. The van der Waals surface area contributed by atoms with Gasteiger partial charge in [0.1, 0.15) is 16.4 Å². The van der Waals surface area contributed by atoms with Crippen molar-refractivity contribution in [2.45, 2.75) is 30.9 Å². The molecule has 1 aliphatic rings. The van der Waals surface area contributed by atoms with E-state index >= 15 is 0 Å². The second kappa shape index (κ2) is 6.49. The van der Waals surface area contributed by atoms with Crippen LogP contribution in [0.1, 0.15) is 18.9 Å². The minimum atomic E-state index is -3.04. The lowest BCUT2D eigenvalue weighted by atomic mass is 10.1. The van der Waals surface area contributed by atoms with Crippen LogP contribution in [-0.2, 0) is 16.1 Å². The third-order valence-corrected chi connectivity index (χ3v) is 4.96. The van der Waals surface area contributed by atoms with Crippen LogP contribution in [0, 0.1) is 5.41 Å². The highest BCUT2D eigenvalue weighted by atomic mass is 35.5. The van der Waals surface area contributed by atoms with Crippen LogP contribution in [0.5, 0.6) is 11.5 Å². The lowest BCUT2D eigenvalue weighted by Crippen LogP contribution is -2.21. The third kappa shape index (κ3) is 3.75. The number of carbonyl (C=O) groups is 1. The summed E-state index contributed by atoms with van der Waals surface area (Å²) in [4.78, 5) is 12.0. The van der Waals surface area contributed by atoms with E-state index in [-0.39, 0.29) is 23.1 Å². The molecule has 128 valence electrons. The van der Waals surface area contributed by atoms with Crippen molar-refractivity contribution in [2.75, 3.05) is 7.11 Å². The van der Waals surface area contributed by atoms with E-state index in [2.05, 4.69) is 4.74 Å². The van der Waals surface area contributed by atoms with E-state index in [1.807, 2.05) is 0 Å². The molecule has 0 spiro atoms. The Bertz CT molecular complexity index is 624. The number of ether oxygens (including phenoxy) is 3. The lowest BCUT2D eigenvalue weighted by Gasteiger charge is -2.15. The minimum absolute atomic E-state index is 0.00511. The molecule has 0 aromatic heterocycles. The van der Waals surface area contributed by atoms with Gasteiger partial charge in [-0.1, -0.05) is 11.6 Å². The van der Waals surface area contributed by atoms with Crippen molar-refractivity contribution >= 4 is 40.8 Å². The maximum absolute atomic E-state index is 12.4. The zero-order valence-electron chi connectivity index (χ0n) is 12.2. The van der Waals surface area contributed by atoms with Crippen LogP contribution in [0.4, 0.5) is 8.78 Å². The summed E-state index contributed by atoms with van der Waals surface area (Å²) in [6.07, 6.45) is 0.299. The highest BCUT2D eigenvalue weighted by Crippen LogP contribution is 2.64. The van der Waals surface area contributed by atoms with E-state index in [1.54, 1.807) is 6.92 Å². The van der Waals surface area contributed by atoms with Crippen LogP contribution in [0.2, 0.25) is 5.02 Å². The minimum Gasteiger partial charge on any atom is -0.493 e. The number of carbonyl (C=O) groups excluding carboxylic acids is 1. The van der Waals surface area contributed by atoms with Gasteiger partial charge in [0.05, 0.1) is 12.1 Å². The molecular weight excluding hydrogens is 377 g/mol. The Morgan fingerprint density at radius 3 is 2.48 bits per heavy atom. The van der Waals surface area contributed by atoms with Gasteiger partial charge >= 0.3 is 12.6 Å². The molecule has 9 heteroatoms. The van der Waals surface area contributed by atoms with Gasteiger partial charge in [0.2, 0.25) is 0 Å². The zero-order valence-corrected chi connectivity index (χ0v) is 14.4. The van der Waals surface area contributed by atoms with Crippen LogP contribution >= 0.6 is 34.8 Å². The van der Waals surface area contributed by atoms with Crippen molar-refractivity contribution in [3.8, 4) is 11.5 Å². The highest BCUT2D eigenvalue weighted by Gasteiger charge is 2.69. The average molecular weight is 390 g/mol. The van der Waals surface area contributed by atoms with E-state index in [4.69, 9.17) is 44.3 Å². The fourth-order valence-corrected chi connectivity index (χ4v) is 2.96. The molecule has 2 rings (SSSR count). The Morgan fingerprint density at radius 1 is 1.39 bits per heavy atom. The summed E-state index contributed by atoms with van der Waals surface area (Å²) in [5, 5.41) is -0.0858. The van der Waals surface area contributed by atoms with E-state index in [0.717, 1.165) is 0 Å². The second-order valence-corrected chi connectivity index (χ2v) is 7.17. The Labute approximate surface area is 146 Å². The second-order valence-electron chi connectivity index (χ2n) is 5.28. The summed E-state index contributed by atoms with van der Waals surface area (Å²) in [6.45, 7) is -1.58. The van der Waals surface area contributed by atoms with Crippen molar-refractivity contribution in [3.63, 3.8) is 0 Å². The standard InChI is InChI=1S/C14H13Cl3F2O4/c1-13(6-14(13,16)17)11(20)22-5-7-3-8(15)10(23-12(18)19)9(4-7)21-2/h3-4,12H,5-6H2,1-2H3. The summed E-state index contributed by atoms with van der Waals surface area (Å²) in [5.74, 6) is -0.829. The first-order valence-corrected chi connectivity index (χ1v) is 7.60. The summed E-state index contributed by atoms with van der Waals surface area (Å²) in [5.41, 5.74) is -0.510. The lowest BCUT2D eigenvalue weighted by molar-refractivity contribution is -0.150. The Morgan fingerprint density at radius 2 is 2.00 bits per heavy atom. The molecule has 4 nitrogen and oxygen atoms in total. The van der Waals surface area contributed by atoms with Gasteiger partial charge in [-0.25, -0.2) is 0 Å². The molecule has 0 amide bonds. The number of hydrogen-bond donors (Lipinski definition) is 0. The number of alkyl halides is 4. The molecule has 0 saturated heterocycles. The van der Waals surface area contributed by atoms with Crippen LogP contribution < -0.4 is 9.47 Å². The Hall–Kier alpha value is -0.980. The van der Waals surface area contributed by atoms with Crippen molar-refractivity contribution in [2.24, 2.45) is 5.41 Å². The maximum Gasteiger partial charge on any atom is 0.387 e. The van der Waals surface area contributed by atoms with Crippen LogP contribution in [-0.4, -0.2) is 24.0 Å². The summed E-state index contributed by atoms with van der Waals surface area (Å²) in [6, 6.07) is 2.74.